The summed E-state index contributed by atoms with van der Waals surface area (Å²) in [5, 5.41) is 4.86. The summed E-state index contributed by atoms with van der Waals surface area (Å²) >= 11 is 1.87. The number of aromatic nitrogens is 1. The van der Waals surface area contributed by atoms with Crippen LogP contribution in [0, 0.1) is 5.92 Å². The quantitative estimate of drug-likeness (QED) is 0.916. The van der Waals surface area contributed by atoms with Crippen LogP contribution in [0.4, 0.5) is 0 Å². The first-order valence-electron chi connectivity index (χ1n) is 8.22. The van der Waals surface area contributed by atoms with Crippen LogP contribution in [0.15, 0.2) is 24.3 Å². The minimum absolute atomic E-state index is 0.624. The first kappa shape index (κ1) is 14.2. The van der Waals surface area contributed by atoms with Gasteiger partial charge in [0.1, 0.15) is 0 Å². The third-order valence-electron chi connectivity index (χ3n) is 4.82. The molecule has 2 atom stereocenters. The van der Waals surface area contributed by atoms with Crippen LogP contribution in [0.2, 0.25) is 0 Å². The van der Waals surface area contributed by atoms with Crippen LogP contribution in [-0.2, 0) is 0 Å². The predicted octanol–water partition coefficient (Wildman–Crippen LogP) is 3.69. The second-order valence-corrected chi connectivity index (χ2v) is 7.88. The van der Waals surface area contributed by atoms with Gasteiger partial charge in [-0.05, 0) is 50.0 Å². The summed E-state index contributed by atoms with van der Waals surface area (Å²) in [6.07, 6.45) is 4.74. The van der Waals surface area contributed by atoms with Crippen LogP contribution in [0.25, 0.3) is 15.9 Å². The van der Waals surface area contributed by atoms with E-state index in [-0.39, 0.29) is 0 Å². The Balaban J connectivity index is 1.64. The van der Waals surface area contributed by atoms with Crippen molar-refractivity contribution >= 4 is 27.3 Å². The van der Waals surface area contributed by atoms with Gasteiger partial charge in [0.05, 0.1) is 15.2 Å². The highest BCUT2D eigenvalue weighted by atomic mass is 32.1. The zero-order chi connectivity index (χ0) is 15.1. The van der Waals surface area contributed by atoms with E-state index < -0.39 is 0 Å². The van der Waals surface area contributed by atoms with E-state index >= 15 is 0 Å². The van der Waals surface area contributed by atoms with E-state index in [1.54, 1.807) is 0 Å². The molecule has 2 aromatic rings. The van der Waals surface area contributed by atoms with Crippen molar-refractivity contribution in [2.75, 3.05) is 26.7 Å². The van der Waals surface area contributed by atoms with Crippen LogP contribution in [0.5, 0.6) is 0 Å². The van der Waals surface area contributed by atoms with Crippen molar-refractivity contribution in [2.24, 2.45) is 5.92 Å². The van der Waals surface area contributed by atoms with E-state index in [9.17, 15) is 0 Å². The molecule has 116 valence electrons. The number of benzene rings is 1. The second-order valence-electron chi connectivity index (χ2n) is 6.82. The van der Waals surface area contributed by atoms with E-state index in [0.717, 1.165) is 30.9 Å². The van der Waals surface area contributed by atoms with Gasteiger partial charge in [-0.25, -0.2) is 4.98 Å². The van der Waals surface area contributed by atoms with Gasteiger partial charge < -0.3 is 10.2 Å². The molecule has 3 heterocycles. The molecule has 2 aliphatic rings. The van der Waals surface area contributed by atoms with E-state index in [4.69, 9.17) is 4.98 Å². The van der Waals surface area contributed by atoms with Gasteiger partial charge in [-0.15, -0.1) is 11.3 Å². The van der Waals surface area contributed by atoms with Gasteiger partial charge in [-0.1, -0.05) is 19.1 Å². The van der Waals surface area contributed by atoms with E-state index in [0.29, 0.717) is 5.92 Å². The maximum Gasteiger partial charge on any atom is 0.0982 e. The molecule has 4 heteroatoms. The summed E-state index contributed by atoms with van der Waals surface area (Å²) in [7, 11) is 2.20. The Bertz CT molecular complexity index is 718. The molecule has 1 unspecified atom stereocenters. The molecule has 1 fully saturated rings. The molecule has 0 saturated carbocycles. The van der Waals surface area contributed by atoms with Gasteiger partial charge in [0.2, 0.25) is 0 Å². The fraction of sp³-hybridized carbons (Fsp3) is 0.500. The summed E-state index contributed by atoms with van der Waals surface area (Å²) in [5.74, 6) is 1.36. The number of likely N-dealkylation sites (N-methyl/N-ethyl adjacent to an activating group) is 1. The fourth-order valence-electron chi connectivity index (χ4n) is 3.40. The Morgan fingerprint density at radius 3 is 3.00 bits per heavy atom. The normalized spacial score (nSPS) is 26.2. The predicted molar refractivity (Wildman–Crippen MR) is 94.2 cm³/mol. The number of nitrogens with one attached hydrogen (secondary N) is 1. The Hall–Kier alpha value is -1.39. The fourth-order valence-corrected chi connectivity index (χ4v) is 4.48. The maximum absolute atomic E-state index is 4.94. The van der Waals surface area contributed by atoms with Gasteiger partial charge in [0.25, 0.3) is 0 Å². The number of rotatable bonds is 2. The number of allylic oxidation sites excluding steroid dienone is 1. The molecule has 1 aromatic heterocycles. The van der Waals surface area contributed by atoms with Crippen LogP contribution < -0.4 is 5.32 Å². The van der Waals surface area contributed by atoms with Crippen LogP contribution in [0.3, 0.4) is 0 Å². The first-order chi connectivity index (χ1) is 10.7. The Morgan fingerprint density at radius 2 is 2.27 bits per heavy atom. The summed E-state index contributed by atoms with van der Waals surface area (Å²) in [6, 6.07) is 6.73. The lowest BCUT2D eigenvalue weighted by Gasteiger charge is -2.20. The van der Waals surface area contributed by atoms with Gasteiger partial charge in [0, 0.05) is 24.7 Å². The van der Waals surface area contributed by atoms with Crippen molar-refractivity contribution in [2.45, 2.75) is 25.7 Å². The highest BCUT2D eigenvalue weighted by Crippen LogP contribution is 2.34. The lowest BCUT2D eigenvalue weighted by Crippen LogP contribution is -2.23. The summed E-state index contributed by atoms with van der Waals surface area (Å²) in [6.45, 7) is 5.70. The second kappa shape index (κ2) is 5.67. The van der Waals surface area contributed by atoms with E-state index in [1.165, 1.54) is 33.9 Å². The molecule has 0 amide bonds. The molecule has 1 N–H and O–H groups in total. The molecule has 0 aliphatic carbocycles. The zero-order valence-corrected chi connectivity index (χ0v) is 14.1. The van der Waals surface area contributed by atoms with Gasteiger partial charge in [0.15, 0.2) is 0 Å². The molecule has 3 nitrogen and oxygen atoms in total. The zero-order valence-electron chi connectivity index (χ0n) is 13.3. The smallest absolute Gasteiger partial charge is 0.0982 e. The molecule has 2 aliphatic heterocycles. The first-order valence-corrected chi connectivity index (χ1v) is 9.04. The average molecular weight is 313 g/mol. The molecule has 1 aromatic carbocycles. The summed E-state index contributed by atoms with van der Waals surface area (Å²) in [5.41, 5.74) is 3.71. The molecule has 0 radical (unpaired) electrons. The van der Waals surface area contributed by atoms with Crippen LogP contribution in [-0.4, -0.2) is 36.6 Å². The Labute approximate surface area is 136 Å². The number of thiazole rings is 1. The minimum atomic E-state index is 0.624. The standard InChI is InChI=1S/C18H23N3S/c1-12-3-5-15(19-10-12)13-4-6-17-16(9-13)20-18(22-17)14-7-8-21(2)11-14/h4-6,9,12,14,19H,3,7-8,10-11H2,1-2H3/t12-,14?/m0/s1. The van der Waals surface area contributed by atoms with Gasteiger partial charge >= 0.3 is 0 Å². The van der Waals surface area contributed by atoms with Crippen molar-refractivity contribution in [3.05, 3.63) is 34.8 Å². The van der Waals surface area contributed by atoms with E-state index in [2.05, 4.69) is 48.5 Å². The Morgan fingerprint density at radius 1 is 1.36 bits per heavy atom. The molecular weight excluding hydrogens is 290 g/mol. The van der Waals surface area contributed by atoms with Crippen LogP contribution in [0.1, 0.15) is 36.3 Å². The minimum Gasteiger partial charge on any atom is -0.385 e. The highest BCUT2D eigenvalue weighted by molar-refractivity contribution is 7.18. The third kappa shape index (κ3) is 2.66. The summed E-state index contributed by atoms with van der Waals surface area (Å²) < 4.78 is 1.32. The van der Waals surface area contributed by atoms with Crippen molar-refractivity contribution in [3.63, 3.8) is 0 Å². The topological polar surface area (TPSA) is 28.2 Å². The van der Waals surface area contributed by atoms with Crippen molar-refractivity contribution in [1.29, 1.82) is 0 Å². The largest absolute Gasteiger partial charge is 0.385 e. The number of hydrogen-bond donors (Lipinski definition) is 1. The average Bonchev–Trinajstić information content (AvgIpc) is 3.13. The number of hydrogen-bond acceptors (Lipinski definition) is 4. The molecule has 0 bridgehead atoms. The number of likely N-dealkylation sites (tertiary alicyclic amines) is 1. The molecule has 4 rings (SSSR count). The molecular formula is C18H23N3S. The van der Waals surface area contributed by atoms with Gasteiger partial charge in [-0.3, -0.25) is 0 Å². The van der Waals surface area contributed by atoms with Crippen molar-refractivity contribution < 1.29 is 0 Å². The Kier molecular flexibility index (Phi) is 3.66. The monoisotopic (exact) mass is 313 g/mol. The summed E-state index contributed by atoms with van der Waals surface area (Å²) in [4.78, 5) is 7.34. The lowest BCUT2D eigenvalue weighted by atomic mass is 10.0. The maximum atomic E-state index is 4.94. The third-order valence-corrected chi connectivity index (χ3v) is 6.02. The van der Waals surface area contributed by atoms with Crippen molar-refractivity contribution in [1.82, 2.24) is 15.2 Å². The van der Waals surface area contributed by atoms with Gasteiger partial charge in [-0.2, -0.15) is 0 Å². The molecule has 1 saturated heterocycles. The SMILES string of the molecule is C[C@H]1CC=C(c2ccc3sc(C4CCN(C)C4)nc3c2)NC1. The molecule has 22 heavy (non-hydrogen) atoms. The highest BCUT2D eigenvalue weighted by Gasteiger charge is 2.24. The van der Waals surface area contributed by atoms with E-state index in [1.807, 2.05) is 11.3 Å². The van der Waals surface area contributed by atoms with Crippen LogP contribution >= 0.6 is 11.3 Å². The number of nitrogens with zero attached hydrogens (tertiary/aromatic N) is 2. The lowest BCUT2D eigenvalue weighted by molar-refractivity contribution is 0.411. The van der Waals surface area contributed by atoms with Crippen molar-refractivity contribution in [3.8, 4) is 0 Å². The molecule has 0 spiro atoms. The number of fused-ring (bicyclic) bond motifs is 1.